The molecule has 0 unspecified atom stereocenters. The normalized spacial score (nSPS) is 10.6. The zero-order valence-corrected chi connectivity index (χ0v) is 8.78. The van der Waals surface area contributed by atoms with Crippen molar-refractivity contribution in [2.75, 3.05) is 6.61 Å². The molecule has 0 amide bonds. The zero-order valence-electron chi connectivity index (χ0n) is 8.78. The lowest BCUT2D eigenvalue weighted by Gasteiger charge is -2.18. The van der Waals surface area contributed by atoms with Gasteiger partial charge in [0.1, 0.15) is 0 Å². The fourth-order valence-electron chi connectivity index (χ4n) is 1.11. The van der Waals surface area contributed by atoms with Gasteiger partial charge in [-0.15, -0.1) is 0 Å². The zero-order chi connectivity index (χ0) is 11.2. The second-order valence-corrected chi connectivity index (χ2v) is 2.91. The highest BCUT2D eigenvalue weighted by atomic mass is 16.5. The SMILES string of the molecule is CCOC(=O)C(=[N+]=[N-])C(O)(CC)CC. The first-order valence-corrected chi connectivity index (χ1v) is 4.67. The Morgan fingerprint density at radius 1 is 1.43 bits per heavy atom. The first-order valence-electron chi connectivity index (χ1n) is 4.67. The fourth-order valence-corrected chi connectivity index (χ4v) is 1.11. The lowest BCUT2D eigenvalue weighted by Crippen LogP contribution is -2.43. The van der Waals surface area contributed by atoms with Gasteiger partial charge >= 0.3 is 11.7 Å². The molecule has 0 aliphatic heterocycles. The number of hydrogen-bond acceptors (Lipinski definition) is 3. The molecule has 0 heterocycles. The van der Waals surface area contributed by atoms with E-state index in [9.17, 15) is 9.90 Å². The van der Waals surface area contributed by atoms with Gasteiger partial charge in [0.05, 0.1) is 6.61 Å². The molecule has 0 fully saturated rings. The van der Waals surface area contributed by atoms with Crippen LogP contribution in [0.25, 0.3) is 5.53 Å². The Morgan fingerprint density at radius 3 is 2.21 bits per heavy atom. The van der Waals surface area contributed by atoms with E-state index >= 15 is 0 Å². The van der Waals surface area contributed by atoms with E-state index in [-0.39, 0.29) is 12.3 Å². The first-order chi connectivity index (χ1) is 6.55. The van der Waals surface area contributed by atoms with Gasteiger partial charge in [-0.2, -0.15) is 4.79 Å². The van der Waals surface area contributed by atoms with Gasteiger partial charge in [0.2, 0.25) is 0 Å². The van der Waals surface area contributed by atoms with Crippen LogP contribution in [0.2, 0.25) is 0 Å². The summed E-state index contributed by atoms with van der Waals surface area (Å²) >= 11 is 0. The average molecular weight is 200 g/mol. The van der Waals surface area contributed by atoms with E-state index in [1.165, 1.54) is 0 Å². The van der Waals surface area contributed by atoms with Gasteiger partial charge in [0, 0.05) is 0 Å². The summed E-state index contributed by atoms with van der Waals surface area (Å²) in [6, 6.07) is 0. The topological polar surface area (TPSA) is 82.9 Å². The number of rotatable bonds is 5. The molecule has 0 bridgehead atoms. The number of carbonyl (C=O) groups is 1. The van der Waals surface area contributed by atoms with Gasteiger partial charge in [0.25, 0.3) is 0 Å². The molecule has 5 heteroatoms. The van der Waals surface area contributed by atoms with Crippen LogP contribution in [0.3, 0.4) is 0 Å². The summed E-state index contributed by atoms with van der Waals surface area (Å²) in [6.07, 6.45) is 0.587. The second kappa shape index (κ2) is 5.52. The molecule has 0 rings (SSSR count). The van der Waals surface area contributed by atoms with Crippen LogP contribution >= 0.6 is 0 Å². The third-order valence-electron chi connectivity index (χ3n) is 2.18. The van der Waals surface area contributed by atoms with Crippen molar-refractivity contribution in [1.82, 2.24) is 0 Å². The van der Waals surface area contributed by atoms with Gasteiger partial charge in [-0.25, -0.2) is 4.79 Å². The van der Waals surface area contributed by atoms with Crippen molar-refractivity contribution in [3.63, 3.8) is 0 Å². The molecule has 0 saturated heterocycles. The molecule has 0 aromatic rings. The molecule has 0 radical (unpaired) electrons. The van der Waals surface area contributed by atoms with Crippen molar-refractivity contribution in [2.24, 2.45) is 0 Å². The van der Waals surface area contributed by atoms with Crippen LogP contribution in [0.4, 0.5) is 0 Å². The average Bonchev–Trinajstić information content (AvgIpc) is 2.19. The minimum atomic E-state index is -1.40. The smallest absolute Gasteiger partial charge is 0.420 e. The van der Waals surface area contributed by atoms with Crippen LogP contribution in [0, 0.1) is 0 Å². The molecular weight excluding hydrogens is 184 g/mol. The monoisotopic (exact) mass is 200 g/mol. The summed E-state index contributed by atoms with van der Waals surface area (Å²) in [7, 11) is 0. The molecule has 1 N–H and O–H groups in total. The minimum absolute atomic E-state index is 0.182. The van der Waals surface area contributed by atoms with Crippen LogP contribution in [-0.4, -0.2) is 33.8 Å². The van der Waals surface area contributed by atoms with E-state index in [1.807, 2.05) is 0 Å². The molecule has 80 valence electrons. The molecule has 0 aromatic heterocycles. The van der Waals surface area contributed by atoms with Gasteiger partial charge in [-0.1, -0.05) is 13.8 Å². The summed E-state index contributed by atoms with van der Waals surface area (Å²) in [5.41, 5.74) is 6.92. The standard InChI is InChI=1S/C9H16N2O3/c1-4-9(13,5-2)7(11-10)8(12)14-6-3/h13H,4-6H2,1-3H3. The van der Waals surface area contributed by atoms with Crippen molar-refractivity contribution in [1.29, 1.82) is 0 Å². The first kappa shape index (κ1) is 12.8. The van der Waals surface area contributed by atoms with E-state index < -0.39 is 11.6 Å². The molecule has 0 aliphatic rings. The van der Waals surface area contributed by atoms with Gasteiger partial charge < -0.3 is 15.4 Å². The van der Waals surface area contributed by atoms with Crippen molar-refractivity contribution in [2.45, 2.75) is 39.2 Å². The number of ether oxygens (including phenoxy) is 1. The third kappa shape index (κ3) is 2.65. The molecule has 5 nitrogen and oxygen atoms in total. The molecule has 0 spiro atoms. The molecule has 0 atom stereocenters. The number of carbonyl (C=O) groups excluding carboxylic acids is 1. The Hall–Kier alpha value is -1.19. The van der Waals surface area contributed by atoms with E-state index in [1.54, 1.807) is 20.8 Å². The lowest BCUT2D eigenvalue weighted by atomic mass is 9.91. The Kier molecular flexibility index (Phi) is 5.05. The number of hydrogen-bond donors (Lipinski definition) is 1. The maximum atomic E-state index is 11.3. The lowest BCUT2D eigenvalue weighted by molar-refractivity contribution is -0.143. The van der Waals surface area contributed by atoms with Crippen molar-refractivity contribution in [3.8, 4) is 0 Å². The van der Waals surface area contributed by atoms with E-state index in [4.69, 9.17) is 5.53 Å². The molecule has 0 aliphatic carbocycles. The number of nitrogens with zero attached hydrogens (tertiary/aromatic N) is 2. The van der Waals surface area contributed by atoms with E-state index in [0.717, 1.165) is 0 Å². The van der Waals surface area contributed by atoms with Crippen LogP contribution in [0.15, 0.2) is 0 Å². The predicted molar refractivity (Wildman–Crippen MR) is 50.8 cm³/mol. The van der Waals surface area contributed by atoms with Gasteiger partial charge in [0.15, 0.2) is 5.60 Å². The second-order valence-electron chi connectivity index (χ2n) is 2.91. The highest BCUT2D eigenvalue weighted by molar-refractivity contribution is 6.37. The maximum Gasteiger partial charge on any atom is 0.420 e. The largest absolute Gasteiger partial charge is 0.457 e. The Balaban J connectivity index is 4.90. The quantitative estimate of drug-likeness (QED) is 0.308. The van der Waals surface area contributed by atoms with Crippen LogP contribution in [0.1, 0.15) is 33.6 Å². The van der Waals surface area contributed by atoms with Crippen LogP contribution in [-0.2, 0) is 9.53 Å². The van der Waals surface area contributed by atoms with Crippen LogP contribution < -0.4 is 0 Å². The van der Waals surface area contributed by atoms with E-state index in [0.29, 0.717) is 12.8 Å². The number of esters is 1. The molecule has 14 heavy (non-hydrogen) atoms. The van der Waals surface area contributed by atoms with Crippen molar-refractivity contribution in [3.05, 3.63) is 5.53 Å². The third-order valence-corrected chi connectivity index (χ3v) is 2.18. The summed E-state index contributed by atoms with van der Waals surface area (Å²) in [6.45, 7) is 5.23. The highest BCUT2D eigenvalue weighted by Crippen LogP contribution is 2.16. The van der Waals surface area contributed by atoms with E-state index in [2.05, 4.69) is 9.53 Å². The minimum Gasteiger partial charge on any atom is -0.457 e. The Bertz CT molecular complexity index is 253. The van der Waals surface area contributed by atoms with Crippen molar-refractivity contribution < 1.29 is 19.4 Å². The van der Waals surface area contributed by atoms with Gasteiger partial charge in [-0.05, 0) is 19.8 Å². The van der Waals surface area contributed by atoms with Gasteiger partial charge in [-0.3, -0.25) is 0 Å². The summed E-state index contributed by atoms with van der Waals surface area (Å²) in [4.78, 5) is 14.1. The molecule has 0 saturated carbocycles. The molecule has 0 aromatic carbocycles. The molecular formula is C9H16N2O3. The predicted octanol–water partition coefficient (Wildman–Crippen LogP) is 0.771. The Morgan fingerprint density at radius 2 is 1.93 bits per heavy atom. The summed E-state index contributed by atoms with van der Waals surface area (Å²) in [5.74, 6) is -0.777. The highest BCUT2D eigenvalue weighted by Gasteiger charge is 2.43. The number of aliphatic hydroxyl groups is 1. The summed E-state index contributed by atoms with van der Waals surface area (Å²) < 4.78 is 4.66. The fraction of sp³-hybridized carbons (Fsp3) is 0.778. The maximum absolute atomic E-state index is 11.3. The summed E-state index contributed by atoms with van der Waals surface area (Å²) in [5, 5.41) is 9.89. The van der Waals surface area contributed by atoms with Crippen LogP contribution in [0.5, 0.6) is 0 Å². The van der Waals surface area contributed by atoms with Crippen molar-refractivity contribution >= 4 is 11.7 Å². The Labute approximate surface area is 83.3 Å².